The predicted octanol–water partition coefficient (Wildman–Crippen LogP) is 3.89. The van der Waals surface area contributed by atoms with Crippen LogP contribution in [-0.4, -0.2) is 5.11 Å². The molecule has 0 aliphatic rings. The minimum atomic E-state index is 0.276. The lowest BCUT2D eigenvalue weighted by molar-refractivity contribution is 0.435. The van der Waals surface area contributed by atoms with E-state index in [-0.39, 0.29) is 5.75 Å². The number of hydrogen-bond acceptors (Lipinski definition) is 3. The highest BCUT2D eigenvalue weighted by molar-refractivity contribution is 7.98. The van der Waals surface area contributed by atoms with Crippen molar-refractivity contribution in [3.63, 3.8) is 0 Å². The fourth-order valence-corrected chi connectivity index (χ4v) is 2.58. The maximum absolute atomic E-state index is 9.78. The van der Waals surface area contributed by atoms with Crippen LogP contribution in [0.4, 0.5) is 0 Å². The van der Waals surface area contributed by atoms with Crippen molar-refractivity contribution < 1.29 is 9.52 Å². The summed E-state index contributed by atoms with van der Waals surface area (Å²) in [6.45, 7) is 3.65. The lowest BCUT2D eigenvalue weighted by Crippen LogP contribution is -1.79. The van der Waals surface area contributed by atoms with Gasteiger partial charge in [0.05, 0.1) is 4.90 Å². The third-order valence-corrected chi connectivity index (χ3v) is 3.65. The van der Waals surface area contributed by atoms with Crippen LogP contribution in [0.25, 0.3) is 0 Å². The van der Waals surface area contributed by atoms with E-state index in [0.29, 0.717) is 5.76 Å². The lowest BCUT2D eigenvalue weighted by Gasteiger charge is -2.00. The molecular weight excluding hydrogens is 220 g/mol. The Labute approximate surface area is 99.3 Å². The summed E-state index contributed by atoms with van der Waals surface area (Å²) in [5.41, 5.74) is 1.24. The molecule has 0 saturated heterocycles. The van der Waals surface area contributed by atoms with Gasteiger partial charge < -0.3 is 9.52 Å². The van der Waals surface area contributed by atoms with Crippen LogP contribution in [0.15, 0.2) is 39.6 Å². The predicted molar refractivity (Wildman–Crippen MR) is 65.8 cm³/mol. The second kappa shape index (κ2) is 4.66. The Bertz CT molecular complexity index is 474. The van der Waals surface area contributed by atoms with Gasteiger partial charge in [-0.15, -0.1) is 11.8 Å². The van der Waals surface area contributed by atoms with Crippen molar-refractivity contribution in [1.29, 1.82) is 0 Å². The minimum absolute atomic E-state index is 0.276. The molecule has 0 unspecified atom stereocenters. The topological polar surface area (TPSA) is 33.4 Å². The molecule has 0 atom stereocenters. The Balaban J connectivity index is 2.11. The standard InChI is InChI=1S/C13H14O2S/c1-9-12(14)13(10(2)15-9)16-8-11-6-4-3-5-7-11/h3-7,14H,8H2,1-2H3. The maximum Gasteiger partial charge on any atom is 0.170 e. The van der Waals surface area contributed by atoms with E-state index in [1.807, 2.05) is 25.1 Å². The molecule has 0 fully saturated rings. The Morgan fingerprint density at radius 1 is 1.12 bits per heavy atom. The first-order valence-corrected chi connectivity index (χ1v) is 6.12. The van der Waals surface area contributed by atoms with Crippen molar-refractivity contribution in [3.8, 4) is 5.75 Å². The van der Waals surface area contributed by atoms with Gasteiger partial charge in [-0.1, -0.05) is 30.3 Å². The first-order chi connectivity index (χ1) is 7.68. The second-order valence-electron chi connectivity index (χ2n) is 3.67. The molecule has 1 aromatic heterocycles. The van der Waals surface area contributed by atoms with Crippen molar-refractivity contribution in [2.24, 2.45) is 0 Å². The third-order valence-electron chi connectivity index (χ3n) is 2.40. The molecule has 0 aliphatic heterocycles. The molecule has 1 N–H and O–H groups in total. The molecule has 2 aromatic rings. The highest BCUT2D eigenvalue weighted by atomic mass is 32.2. The van der Waals surface area contributed by atoms with E-state index >= 15 is 0 Å². The van der Waals surface area contributed by atoms with E-state index in [9.17, 15) is 5.11 Å². The van der Waals surface area contributed by atoms with E-state index in [1.165, 1.54) is 5.56 Å². The smallest absolute Gasteiger partial charge is 0.170 e. The van der Waals surface area contributed by atoms with Crippen LogP contribution in [0, 0.1) is 13.8 Å². The number of aryl methyl sites for hydroxylation is 2. The molecule has 1 aromatic carbocycles. The molecule has 1 heterocycles. The molecule has 0 radical (unpaired) electrons. The molecule has 0 bridgehead atoms. The zero-order valence-electron chi connectivity index (χ0n) is 9.36. The lowest BCUT2D eigenvalue weighted by atomic mass is 10.2. The van der Waals surface area contributed by atoms with Crippen molar-refractivity contribution >= 4 is 11.8 Å². The molecule has 2 rings (SSSR count). The number of benzene rings is 1. The normalized spacial score (nSPS) is 10.6. The van der Waals surface area contributed by atoms with Gasteiger partial charge in [-0.05, 0) is 19.4 Å². The summed E-state index contributed by atoms with van der Waals surface area (Å²) in [5, 5.41) is 9.78. The molecule has 0 aliphatic carbocycles. The number of aromatic hydroxyl groups is 1. The number of hydrogen-bond donors (Lipinski definition) is 1. The fraction of sp³-hybridized carbons (Fsp3) is 0.231. The van der Waals surface area contributed by atoms with E-state index in [2.05, 4.69) is 12.1 Å². The maximum atomic E-state index is 9.78. The van der Waals surface area contributed by atoms with Crippen LogP contribution >= 0.6 is 11.8 Å². The van der Waals surface area contributed by atoms with Gasteiger partial charge in [-0.2, -0.15) is 0 Å². The van der Waals surface area contributed by atoms with Crippen molar-refractivity contribution in [1.82, 2.24) is 0 Å². The molecule has 0 saturated carbocycles. The average molecular weight is 234 g/mol. The minimum Gasteiger partial charge on any atom is -0.504 e. The summed E-state index contributed by atoms with van der Waals surface area (Å²) in [4.78, 5) is 0.848. The Morgan fingerprint density at radius 3 is 2.38 bits per heavy atom. The van der Waals surface area contributed by atoms with E-state index in [1.54, 1.807) is 18.7 Å². The van der Waals surface area contributed by atoms with Gasteiger partial charge >= 0.3 is 0 Å². The van der Waals surface area contributed by atoms with E-state index in [0.717, 1.165) is 16.4 Å². The first kappa shape index (κ1) is 11.1. The van der Waals surface area contributed by atoms with Gasteiger partial charge in [-0.3, -0.25) is 0 Å². The van der Waals surface area contributed by atoms with Crippen molar-refractivity contribution in [2.45, 2.75) is 24.5 Å². The zero-order chi connectivity index (χ0) is 11.5. The van der Waals surface area contributed by atoms with Crippen LogP contribution in [0.5, 0.6) is 5.75 Å². The zero-order valence-corrected chi connectivity index (χ0v) is 10.2. The summed E-state index contributed by atoms with van der Waals surface area (Å²) in [6.07, 6.45) is 0. The SMILES string of the molecule is Cc1oc(C)c(SCc2ccccc2)c1O. The van der Waals surface area contributed by atoms with Gasteiger partial charge in [-0.25, -0.2) is 0 Å². The van der Waals surface area contributed by atoms with E-state index in [4.69, 9.17) is 4.42 Å². The molecule has 84 valence electrons. The summed E-state index contributed by atoms with van der Waals surface area (Å²) in [5.74, 6) is 2.50. The molecule has 16 heavy (non-hydrogen) atoms. The number of thioether (sulfide) groups is 1. The van der Waals surface area contributed by atoms with Crippen LogP contribution in [0.1, 0.15) is 17.1 Å². The average Bonchev–Trinajstić information content (AvgIpc) is 2.53. The first-order valence-electron chi connectivity index (χ1n) is 5.14. The second-order valence-corrected chi connectivity index (χ2v) is 4.65. The Morgan fingerprint density at radius 2 is 1.81 bits per heavy atom. The summed E-state index contributed by atoms with van der Waals surface area (Å²) in [6, 6.07) is 10.2. The number of rotatable bonds is 3. The molecular formula is C13H14O2S. The van der Waals surface area contributed by atoms with Crippen molar-refractivity contribution in [2.75, 3.05) is 0 Å². The van der Waals surface area contributed by atoms with Gasteiger partial charge in [0.25, 0.3) is 0 Å². The van der Waals surface area contributed by atoms with Crippen LogP contribution in [0.3, 0.4) is 0 Å². The summed E-state index contributed by atoms with van der Waals surface area (Å²) in [7, 11) is 0. The van der Waals surface area contributed by atoms with Crippen molar-refractivity contribution in [3.05, 3.63) is 47.4 Å². The van der Waals surface area contributed by atoms with Crippen LogP contribution in [0.2, 0.25) is 0 Å². The quantitative estimate of drug-likeness (QED) is 0.818. The highest BCUT2D eigenvalue weighted by Gasteiger charge is 2.14. The molecule has 2 nitrogen and oxygen atoms in total. The summed E-state index contributed by atoms with van der Waals surface area (Å²) < 4.78 is 5.36. The number of furan rings is 1. The van der Waals surface area contributed by atoms with Gasteiger partial charge in [0.2, 0.25) is 0 Å². The van der Waals surface area contributed by atoms with Crippen LogP contribution in [-0.2, 0) is 5.75 Å². The van der Waals surface area contributed by atoms with Gasteiger partial charge in [0, 0.05) is 5.75 Å². The van der Waals surface area contributed by atoms with E-state index < -0.39 is 0 Å². The molecule has 0 spiro atoms. The Kier molecular flexibility index (Phi) is 3.25. The molecule has 0 amide bonds. The van der Waals surface area contributed by atoms with Crippen LogP contribution < -0.4 is 0 Å². The Hall–Kier alpha value is -1.35. The third kappa shape index (κ3) is 2.25. The highest BCUT2D eigenvalue weighted by Crippen LogP contribution is 2.38. The molecule has 3 heteroatoms. The summed E-state index contributed by atoms with van der Waals surface area (Å²) >= 11 is 1.60. The fourth-order valence-electron chi connectivity index (χ4n) is 1.55. The largest absolute Gasteiger partial charge is 0.504 e. The van der Waals surface area contributed by atoms with Gasteiger partial charge in [0.15, 0.2) is 5.75 Å². The monoisotopic (exact) mass is 234 g/mol. The van der Waals surface area contributed by atoms with Gasteiger partial charge in [0.1, 0.15) is 11.5 Å².